The van der Waals surface area contributed by atoms with Crippen LogP contribution in [0.15, 0.2) is 0 Å². The van der Waals surface area contributed by atoms with Gasteiger partial charge in [0, 0.05) is 18.6 Å². The fraction of sp³-hybridized carbons (Fsp3) is 1.00. The SMILES string of the molecule is CCCCC(CCC)N1CCCC(NC)C1. The van der Waals surface area contributed by atoms with Gasteiger partial charge in [-0.05, 0) is 39.3 Å². The van der Waals surface area contributed by atoms with Crippen LogP contribution in [0.4, 0.5) is 0 Å². The summed E-state index contributed by atoms with van der Waals surface area (Å²) < 4.78 is 0. The number of likely N-dealkylation sites (tertiary alicyclic amines) is 1. The van der Waals surface area contributed by atoms with E-state index < -0.39 is 0 Å². The van der Waals surface area contributed by atoms with Crippen LogP contribution in [0.2, 0.25) is 0 Å². The number of hydrogen-bond acceptors (Lipinski definition) is 2. The standard InChI is InChI=1S/C14H30N2/c1-4-6-10-14(8-5-2)16-11-7-9-13(12-16)15-3/h13-15H,4-12H2,1-3H3. The molecule has 0 bridgehead atoms. The van der Waals surface area contributed by atoms with Crippen LogP contribution in [0, 0.1) is 0 Å². The average molecular weight is 226 g/mol. The van der Waals surface area contributed by atoms with E-state index in [4.69, 9.17) is 0 Å². The first-order chi connectivity index (χ1) is 7.81. The maximum absolute atomic E-state index is 3.45. The fourth-order valence-corrected chi connectivity index (χ4v) is 2.86. The topological polar surface area (TPSA) is 15.3 Å². The van der Waals surface area contributed by atoms with E-state index in [1.165, 1.54) is 58.0 Å². The van der Waals surface area contributed by atoms with Crippen LogP contribution in [0.1, 0.15) is 58.8 Å². The van der Waals surface area contributed by atoms with Gasteiger partial charge in [0.1, 0.15) is 0 Å². The van der Waals surface area contributed by atoms with Crippen molar-refractivity contribution in [1.29, 1.82) is 0 Å². The van der Waals surface area contributed by atoms with Gasteiger partial charge in [0.05, 0.1) is 0 Å². The molecule has 0 aromatic carbocycles. The number of piperidine rings is 1. The van der Waals surface area contributed by atoms with Crippen molar-refractivity contribution in [2.24, 2.45) is 0 Å². The Bertz CT molecular complexity index is 168. The van der Waals surface area contributed by atoms with Crippen molar-refractivity contribution >= 4 is 0 Å². The van der Waals surface area contributed by atoms with E-state index in [9.17, 15) is 0 Å². The smallest absolute Gasteiger partial charge is 0.0192 e. The average Bonchev–Trinajstić information content (AvgIpc) is 2.34. The van der Waals surface area contributed by atoms with Crippen molar-refractivity contribution < 1.29 is 0 Å². The molecule has 0 radical (unpaired) electrons. The molecule has 0 aromatic heterocycles. The lowest BCUT2D eigenvalue weighted by molar-refractivity contribution is 0.124. The molecule has 0 saturated carbocycles. The summed E-state index contributed by atoms with van der Waals surface area (Å²) in [5.41, 5.74) is 0. The predicted molar refractivity (Wildman–Crippen MR) is 71.9 cm³/mol. The molecule has 0 aliphatic carbocycles. The molecule has 1 fully saturated rings. The predicted octanol–water partition coefficient (Wildman–Crippen LogP) is 3.03. The number of hydrogen-bond donors (Lipinski definition) is 1. The van der Waals surface area contributed by atoms with Crippen LogP contribution in [-0.2, 0) is 0 Å². The largest absolute Gasteiger partial charge is 0.316 e. The molecule has 0 spiro atoms. The highest BCUT2D eigenvalue weighted by Gasteiger charge is 2.23. The lowest BCUT2D eigenvalue weighted by atomic mass is 9.98. The minimum Gasteiger partial charge on any atom is -0.316 e. The maximum Gasteiger partial charge on any atom is 0.0192 e. The van der Waals surface area contributed by atoms with Gasteiger partial charge in [0.15, 0.2) is 0 Å². The molecule has 2 nitrogen and oxygen atoms in total. The van der Waals surface area contributed by atoms with E-state index in [0.29, 0.717) is 0 Å². The van der Waals surface area contributed by atoms with E-state index in [2.05, 4.69) is 31.1 Å². The van der Waals surface area contributed by atoms with Crippen molar-refractivity contribution in [2.45, 2.75) is 70.9 Å². The third-order valence-electron chi connectivity index (χ3n) is 3.89. The summed E-state index contributed by atoms with van der Waals surface area (Å²) in [7, 11) is 2.11. The summed E-state index contributed by atoms with van der Waals surface area (Å²) in [6.45, 7) is 7.21. The van der Waals surface area contributed by atoms with Crippen molar-refractivity contribution in [3.63, 3.8) is 0 Å². The van der Waals surface area contributed by atoms with Crippen molar-refractivity contribution in [1.82, 2.24) is 10.2 Å². The van der Waals surface area contributed by atoms with Crippen molar-refractivity contribution in [2.75, 3.05) is 20.1 Å². The van der Waals surface area contributed by atoms with Gasteiger partial charge in [-0.2, -0.15) is 0 Å². The van der Waals surface area contributed by atoms with Gasteiger partial charge in [-0.15, -0.1) is 0 Å². The summed E-state index contributed by atoms with van der Waals surface area (Å²) in [4.78, 5) is 2.74. The molecule has 1 N–H and O–H groups in total. The van der Waals surface area contributed by atoms with Crippen molar-refractivity contribution in [3.05, 3.63) is 0 Å². The Hall–Kier alpha value is -0.0800. The van der Waals surface area contributed by atoms with Crippen LogP contribution >= 0.6 is 0 Å². The number of likely N-dealkylation sites (N-methyl/N-ethyl adjacent to an activating group) is 1. The quantitative estimate of drug-likeness (QED) is 0.718. The van der Waals surface area contributed by atoms with Gasteiger partial charge in [-0.1, -0.05) is 33.1 Å². The van der Waals surface area contributed by atoms with Gasteiger partial charge in [0.25, 0.3) is 0 Å². The Labute approximate surface area is 102 Å². The zero-order valence-corrected chi connectivity index (χ0v) is 11.5. The third-order valence-corrected chi connectivity index (χ3v) is 3.89. The Balaban J connectivity index is 2.41. The molecule has 96 valence electrons. The zero-order valence-electron chi connectivity index (χ0n) is 11.5. The maximum atomic E-state index is 3.45. The molecule has 1 saturated heterocycles. The van der Waals surface area contributed by atoms with Crippen molar-refractivity contribution in [3.8, 4) is 0 Å². The molecular formula is C14H30N2. The monoisotopic (exact) mass is 226 g/mol. The lowest BCUT2D eigenvalue weighted by Gasteiger charge is -2.38. The number of unbranched alkanes of at least 4 members (excludes halogenated alkanes) is 1. The first-order valence-electron chi connectivity index (χ1n) is 7.23. The summed E-state index contributed by atoms with van der Waals surface area (Å²) in [6, 6.07) is 1.58. The van der Waals surface area contributed by atoms with Crippen LogP contribution in [0.5, 0.6) is 0 Å². The highest BCUT2D eigenvalue weighted by atomic mass is 15.2. The zero-order chi connectivity index (χ0) is 11.8. The second-order valence-electron chi connectivity index (χ2n) is 5.21. The van der Waals surface area contributed by atoms with Gasteiger partial charge >= 0.3 is 0 Å². The summed E-state index contributed by atoms with van der Waals surface area (Å²) in [5, 5.41) is 3.45. The molecular weight excluding hydrogens is 196 g/mol. The Morgan fingerprint density at radius 1 is 1.25 bits per heavy atom. The molecule has 0 aromatic rings. The molecule has 2 unspecified atom stereocenters. The molecule has 16 heavy (non-hydrogen) atoms. The molecule has 2 heteroatoms. The van der Waals surface area contributed by atoms with E-state index >= 15 is 0 Å². The first-order valence-corrected chi connectivity index (χ1v) is 7.23. The second kappa shape index (κ2) is 8.08. The third kappa shape index (κ3) is 4.42. The van der Waals surface area contributed by atoms with Crippen LogP contribution in [0.3, 0.4) is 0 Å². The molecule has 0 amide bonds. The van der Waals surface area contributed by atoms with E-state index in [1.54, 1.807) is 0 Å². The van der Waals surface area contributed by atoms with E-state index in [1.807, 2.05) is 0 Å². The second-order valence-corrected chi connectivity index (χ2v) is 5.21. The summed E-state index contributed by atoms with van der Waals surface area (Å²) >= 11 is 0. The first kappa shape index (κ1) is 14.0. The molecule has 1 aliphatic heterocycles. The normalized spacial score (nSPS) is 24.6. The number of nitrogens with one attached hydrogen (secondary N) is 1. The van der Waals surface area contributed by atoms with Gasteiger partial charge in [-0.3, -0.25) is 4.90 Å². The summed E-state index contributed by atoms with van der Waals surface area (Å²) in [5.74, 6) is 0. The minimum atomic E-state index is 0.731. The lowest BCUT2D eigenvalue weighted by Crippen LogP contribution is -2.48. The summed E-state index contributed by atoms with van der Waals surface area (Å²) in [6.07, 6.45) is 9.58. The fourth-order valence-electron chi connectivity index (χ4n) is 2.86. The van der Waals surface area contributed by atoms with Gasteiger partial charge in [0.2, 0.25) is 0 Å². The molecule has 1 heterocycles. The van der Waals surface area contributed by atoms with E-state index in [0.717, 1.165) is 12.1 Å². The Morgan fingerprint density at radius 2 is 2.06 bits per heavy atom. The highest BCUT2D eigenvalue weighted by Crippen LogP contribution is 2.19. The van der Waals surface area contributed by atoms with Crippen LogP contribution in [0.25, 0.3) is 0 Å². The highest BCUT2D eigenvalue weighted by molar-refractivity contribution is 4.81. The minimum absolute atomic E-state index is 0.731. The molecule has 1 rings (SSSR count). The molecule has 2 atom stereocenters. The van der Waals surface area contributed by atoms with Gasteiger partial charge in [-0.25, -0.2) is 0 Å². The Kier molecular flexibility index (Phi) is 7.06. The number of nitrogens with zero attached hydrogens (tertiary/aromatic N) is 1. The Morgan fingerprint density at radius 3 is 2.69 bits per heavy atom. The van der Waals surface area contributed by atoms with Gasteiger partial charge < -0.3 is 5.32 Å². The molecule has 1 aliphatic rings. The van der Waals surface area contributed by atoms with Crippen LogP contribution in [-0.4, -0.2) is 37.1 Å². The number of rotatable bonds is 7. The van der Waals surface area contributed by atoms with E-state index in [-0.39, 0.29) is 0 Å². The van der Waals surface area contributed by atoms with Crippen LogP contribution < -0.4 is 5.32 Å².